The van der Waals surface area contributed by atoms with Gasteiger partial charge in [-0.05, 0) is 75.0 Å². The van der Waals surface area contributed by atoms with Crippen molar-refractivity contribution in [2.45, 2.75) is 75.5 Å². The highest BCUT2D eigenvalue weighted by atomic mass is 32.2. The molecule has 5 rings (SSSR count). The van der Waals surface area contributed by atoms with Gasteiger partial charge in [0, 0.05) is 30.3 Å². The lowest BCUT2D eigenvalue weighted by atomic mass is 9.78. The molecule has 2 heterocycles. The van der Waals surface area contributed by atoms with E-state index in [-0.39, 0.29) is 18.4 Å². The molecule has 0 aromatic carbocycles. The zero-order valence-corrected chi connectivity index (χ0v) is 21.6. The first kappa shape index (κ1) is 26.2. The molecule has 200 valence electrons. The molecule has 4 aliphatic rings. The van der Waals surface area contributed by atoms with Crippen LogP contribution in [-0.4, -0.2) is 60.2 Å². The van der Waals surface area contributed by atoms with E-state index in [2.05, 4.69) is 31.6 Å². The van der Waals surface area contributed by atoms with Crippen LogP contribution in [0.5, 0.6) is 0 Å². The largest absolute Gasteiger partial charge is 0.393 e. The summed E-state index contributed by atoms with van der Waals surface area (Å²) in [5.41, 5.74) is 3.04. The summed E-state index contributed by atoms with van der Waals surface area (Å²) < 4.78 is 33.3. The van der Waals surface area contributed by atoms with Gasteiger partial charge >= 0.3 is 10.3 Å². The lowest BCUT2D eigenvalue weighted by Crippen LogP contribution is -2.33. The van der Waals surface area contributed by atoms with Crippen molar-refractivity contribution in [1.82, 2.24) is 9.97 Å². The summed E-state index contributed by atoms with van der Waals surface area (Å²) in [6, 6.07) is -0.217. The Labute approximate surface area is 217 Å². The van der Waals surface area contributed by atoms with E-state index in [4.69, 9.17) is 9.88 Å². The fourth-order valence-electron chi connectivity index (χ4n) is 6.04. The van der Waals surface area contributed by atoms with E-state index < -0.39 is 27.9 Å². The number of aromatic nitrogens is 2. The fraction of sp³-hybridized carbons (Fsp3) is 0.577. The van der Waals surface area contributed by atoms with E-state index in [1.165, 1.54) is 30.9 Å². The van der Waals surface area contributed by atoms with Crippen LogP contribution < -0.4 is 10.5 Å². The quantitative estimate of drug-likeness (QED) is 0.323. The van der Waals surface area contributed by atoms with Crippen LogP contribution in [0.1, 0.15) is 68.1 Å². The van der Waals surface area contributed by atoms with Crippen molar-refractivity contribution in [2.75, 3.05) is 18.5 Å². The van der Waals surface area contributed by atoms with Gasteiger partial charge in [0.25, 0.3) is 0 Å². The van der Waals surface area contributed by atoms with Gasteiger partial charge in [0.1, 0.15) is 17.7 Å². The van der Waals surface area contributed by atoms with E-state index in [1.807, 2.05) is 6.08 Å². The fourth-order valence-corrected chi connectivity index (χ4v) is 6.40. The summed E-state index contributed by atoms with van der Waals surface area (Å²) in [6.45, 7) is 0.526. The van der Waals surface area contributed by atoms with E-state index in [0.717, 1.165) is 37.9 Å². The molecule has 2 fully saturated rings. The monoisotopic (exact) mass is 530 g/mol. The zero-order valence-electron chi connectivity index (χ0n) is 20.8. The number of allylic oxidation sites excluding steroid dienone is 3. The molecule has 3 aliphatic carbocycles. The molecular weight excluding hydrogens is 496 g/mol. The average molecular weight is 531 g/mol. The molecule has 0 radical (unpaired) electrons. The molecule has 1 aromatic rings. The number of aliphatic hydroxyl groups excluding tert-OH is 1. The zero-order chi connectivity index (χ0) is 26.0. The predicted octanol–water partition coefficient (Wildman–Crippen LogP) is 2.74. The molecule has 4 atom stereocenters. The number of Topliss-reactive ketones (excluding diaryl/α,β-unsaturated/α-hetero) is 1. The molecule has 1 aliphatic heterocycles. The second-order valence-electron chi connectivity index (χ2n) is 10.3. The second-order valence-corrected chi connectivity index (χ2v) is 11.5. The first-order valence-electron chi connectivity index (χ1n) is 13.0. The lowest BCUT2D eigenvalue weighted by molar-refractivity contribution is 0.0644. The number of rotatable bonds is 9. The Morgan fingerprint density at radius 1 is 1.27 bits per heavy atom. The molecule has 11 heteroatoms. The molecule has 4 N–H and O–H groups in total. The molecule has 0 amide bonds. The number of nitrogens with two attached hydrogens (primary N) is 1. The van der Waals surface area contributed by atoms with Crippen LogP contribution in [0.15, 0.2) is 47.5 Å². The van der Waals surface area contributed by atoms with Crippen LogP contribution >= 0.6 is 0 Å². The van der Waals surface area contributed by atoms with Crippen molar-refractivity contribution in [3.05, 3.63) is 53.0 Å². The maximum absolute atomic E-state index is 13.6. The maximum Gasteiger partial charge on any atom is 0.333 e. The van der Waals surface area contributed by atoms with Crippen LogP contribution in [0.3, 0.4) is 0 Å². The summed E-state index contributed by atoms with van der Waals surface area (Å²) in [5.74, 6) is -0.160. The summed E-state index contributed by atoms with van der Waals surface area (Å²) in [4.78, 5) is 22.0. The summed E-state index contributed by atoms with van der Waals surface area (Å²) in [5, 5.41) is 18.5. The minimum atomic E-state index is -4.08. The number of hydrogen-bond acceptors (Lipinski definition) is 9. The van der Waals surface area contributed by atoms with Gasteiger partial charge in [-0.3, -0.25) is 8.98 Å². The Kier molecular flexibility index (Phi) is 7.60. The van der Waals surface area contributed by atoms with E-state index in [0.29, 0.717) is 36.2 Å². The standard InChI is InChI=1S/C26H34N4O6S/c27-37(33,34)36-15-18-12-21(13-23(18)31)30-25-22(14-28-16-29-25)24(32)17-7-8-20(11-17)26(9-4-10-35-26)19-5-2-1-3-6-19/h5,8,11,14,16,18,21,23,31H,1-4,6-7,9-10,12-13,15H2,(H2,27,33,34)(H,28,29,30)/t18-,21-,23+,26?/m1/s1. The highest BCUT2D eigenvalue weighted by molar-refractivity contribution is 7.84. The average Bonchev–Trinajstić information content (AvgIpc) is 3.63. The van der Waals surface area contributed by atoms with Gasteiger partial charge in [-0.1, -0.05) is 12.2 Å². The molecule has 1 saturated heterocycles. The third-order valence-corrected chi connectivity index (χ3v) is 8.33. The normalized spacial score (nSPS) is 30.1. The molecule has 1 saturated carbocycles. The third kappa shape index (κ3) is 5.70. The molecule has 37 heavy (non-hydrogen) atoms. The summed E-state index contributed by atoms with van der Waals surface area (Å²) in [7, 11) is -4.08. The van der Waals surface area contributed by atoms with E-state index >= 15 is 0 Å². The molecule has 0 bridgehead atoms. The van der Waals surface area contributed by atoms with Gasteiger partial charge in [0.15, 0.2) is 5.78 Å². The van der Waals surface area contributed by atoms with Crippen molar-refractivity contribution in [2.24, 2.45) is 11.1 Å². The Hall–Kier alpha value is -2.44. The Morgan fingerprint density at radius 2 is 2.14 bits per heavy atom. The Morgan fingerprint density at radius 3 is 2.86 bits per heavy atom. The van der Waals surface area contributed by atoms with Gasteiger partial charge in [0.05, 0.1) is 18.3 Å². The highest BCUT2D eigenvalue weighted by Crippen LogP contribution is 2.46. The SMILES string of the molecule is NS(=O)(=O)OC[C@H]1C[C@@H](Nc2ncncc2C(=O)C2=CC(C3(C4=CCCCC4)CCCO3)=CC2)C[C@@H]1O. The van der Waals surface area contributed by atoms with Crippen LogP contribution in [0.25, 0.3) is 0 Å². The Bertz CT molecular complexity index is 1240. The first-order valence-corrected chi connectivity index (χ1v) is 14.4. The van der Waals surface area contributed by atoms with E-state index in [1.54, 1.807) is 0 Å². The molecule has 0 spiro atoms. The van der Waals surface area contributed by atoms with Crippen molar-refractivity contribution in [3.8, 4) is 0 Å². The predicted molar refractivity (Wildman–Crippen MR) is 137 cm³/mol. The Balaban J connectivity index is 1.30. The van der Waals surface area contributed by atoms with E-state index in [9.17, 15) is 18.3 Å². The van der Waals surface area contributed by atoms with Crippen molar-refractivity contribution in [1.29, 1.82) is 0 Å². The van der Waals surface area contributed by atoms with Crippen LogP contribution in [-0.2, 0) is 19.2 Å². The molecular formula is C26H34N4O6S. The smallest absolute Gasteiger partial charge is 0.333 e. The van der Waals surface area contributed by atoms with Crippen LogP contribution in [0.2, 0.25) is 0 Å². The number of nitrogens with zero attached hydrogens (tertiary/aromatic N) is 2. The van der Waals surface area contributed by atoms with Gasteiger partial charge < -0.3 is 15.2 Å². The molecule has 1 unspecified atom stereocenters. The van der Waals surface area contributed by atoms with Crippen molar-refractivity contribution >= 4 is 21.9 Å². The van der Waals surface area contributed by atoms with Gasteiger partial charge in [-0.2, -0.15) is 8.42 Å². The highest BCUT2D eigenvalue weighted by Gasteiger charge is 2.43. The van der Waals surface area contributed by atoms with Gasteiger partial charge in [0.2, 0.25) is 0 Å². The van der Waals surface area contributed by atoms with Gasteiger partial charge in [-0.15, -0.1) is 0 Å². The molecule has 1 aromatic heterocycles. The van der Waals surface area contributed by atoms with Crippen molar-refractivity contribution in [3.63, 3.8) is 0 Å². The van der Waals surface area contributed by atoms with Crippen molar-refractivity contribution < 1.29 is 27.2 Å². The lowest BCUT2D eigenvalue weighted by Gasteiger charge is -2.34. The topological polar surface area (TPSA) is 154 Å². The third-order valence-electron chi connectivity index (χ3n) is 7.86. The van der Waals surface area contributed by atoms with Crippen LogP contribution in [0, 0.1) is 5.92 Å². The minimum absolute atomic E-state index is 0.146. The summed E-state index contributed by atoms with van der Waals surface area (Å²) >= 11 is 0. The van der Waals surface area contributed by atoms with Gasteiger partial charge in [-0.25, -0.2) is 15.1 Å². The number of nitrogens with one attached hydrogen (secondary N) is 1. The maximum atomic E-state index is 13.6. The number of carbonyl (C=O) groups is 1. The minimum Gasteiger partial charge on any atom is -0.393 e. The molecule has 10 nitrogen and oxygen atoms in total. The number of ether oxygens (including phenoxy) is 1. The number of aliphatic hydroxyl groups is 1. The summed E-state index contributed by atoms with van der Waals surface area (Å²) in [6.07, 6.45) is 16.3. The number of ketones is 1. The number of anilines is 1. The van der Waals surface area contributed by atoms with Crippen LogP contribution in [0.4, 0.5) is 5.82 Å². The number of carbonyl (C=O) groups excluding carboxylic acids is 1. The number of hydrogen-bond donors (Lipinski definition) is 3. The second kappa shape index (κ2) is 10.7. The first-order chi connectivity index (χ1) is 17.7.